The zero-order valence-electron chi connectivity index (χ0n) is 9.61. The maximum Gasteiger partial charge on any atom is 0.101 e. The van der Waals surface area contributed by atoms with Crippen LogP contribution in [0.5, 0.6) is 0 Å². The van der Waals surface area contributed by atoms with E-state index in [1.807, 2.05) is 12.1 Å². The fraction of sp³-hybridized carbons (Fsp3) is 0.385. The molecule has 0 aliphatic carbocycles. The summed E-state index contributed by atoms with van der Waals surface area (Å²) in [5.74, 6) is 0. The highest BCUT2D eigenvalue weighted by Gasteiger charge is 2.02. The van der Waals surface area contributed by atoms with E-state index in [4.69, 9.17) is 15.6 Å². The molecule has 0 spiro atoms. The number of rotatable bonds is 6. The van der Waals surface area contributed by atoms with Gasteiger partial charge in [-0.1, -0.05) is 0 Å². The fourth-order valence-corrected chi connectivity index (χ4v) is 1.49. The number of nitrogens with zero attached hydrogens (tertiary/aromatic N) is 2. The van der Waals surface area contributed by atoms with Crippen molar-refractivity contribution >= 4 is 5.69 Å². The molecule has 0 atom stereocenters. The van der Waals surface area contributed by atoms with Gasteiger partial charge in [0.2, 0.25) is 0 Å². The van der Waals surface area contributed by atoms with Crippen LogP contribution in [0.4, 0.5) is 5.69 Å². The van der Waals surface area contributed by atoms with Crippen molar-refractivity contribution < 1.29 is 5.11 Å². The molecule has 4 nitrogen and oxygen atoms in total. The fourth-order valence-electron chi connectivity index (χ4n) is 1.49. The third-order valence-corrected chi connectivity index (χ3v) is 2.42. The molecule has 4 heteroatoms. The van der Waals surface area contributed by atoms with Crippen molar-refractivity contribution in [3.05, 3.63) is 29.3 Å². The van der Waals surface area contributed by atoms with Crippen molar-refractivity contribution in [2.75, 3.05) is 18.5 Å². The Morgan fingerprint density at radius 1 is 1.06 bits per heavy atom. The van der Waals surface area contributed by atoms with Gasteiger partial charge in [0.1, 0.15) is 12.1 Å². The van der Waals surface area contributed by atoms with Crippen LogP contribution in [-0.4, -0.2) is 18.3 Å². The molecule has 0 amide bonds. The zero-order valence-corrected chi connectivity index (χ0v) is 9.61. The molecule has 1 rings (SSSR count). The summed E-state index contributed by atoms with van der Waals surface area (Å²) in [7, 11) is 0. The molecule has 0 aliphatic heterocycles. The predicted molar refractivity (Wildman–Crippen MR) is 65.3 cm³/mol. The maximum atomic E-state index is 8.86. The monoisotopic (exact) mass is 229 g/mol. The molecule has 0 radical (unpaired) electrons. The van der Waals surface area contributed by atoms with Crippen LogP contribution in [0.25, 0.3) is 0 Å². The average molecular weight is 229 g/mol. The summed E-state index contributed by atoms with van der Waals surface area (Å²) in [6.45, 7) is 1.03. The number of nitriles is 2. The molecule has 2 N–H and O–H groups in total. The first-order valence-corrected chi connectivity index (χ1v) is 5.61. The maximum absolute atomic E-state index is 8.86. The Bertz CT molecular complexity index is 443. The van der Waals surface area contributed by atoms with E-state index in [2.05, 4.69) is 5.32 Å². The summed E-state index contributed by atoms with van der Waals surface area (Å²) < 4.78 is 0. The van der Waals surface area contributed by atoms with E-state index in [0.29, 0.717) is 11.1 Å². The minimum atomic E-state index is 0.232. The number of nitrogens with one attached hydrogen (secondary N) is 1. The van der Waals surface area contributed by atoms with Crippen LogP contribution in [0.3, 0.4) is 0 Å². The normalized spacial score (nSPS) is 9.35. The molecule has 0 saturated carbocycles. The number of aliphatic hydroxyl groups is 1. The van der Waals surface area contributed by atoms with Crippen molar-refractivity contribution in [3.8, 4) is 12.1 Å². The van der Waals surface area contributed by atoms with Gasteiger partial charge in [0.15, 0.2) is 0 Å². The number of benzene rings is 1. The second kappa shape index (κ2) is 7.27. The SMILES string of the molecule is N#Cc1ccc(NCCCCCO)cc1C#N. The molecule has 0 unspecified atom stereocenters. The molecule has 0 aliphatic rings. The third-order valence-electron chi connectivity index (χ3n) is 2.42. The summed E-state index contributed by atoms with van der Waals surface area (Å²) >= 11 is 0. The van der Waals surface area contributed by atoms with Crippen LogP contribution in [0.1, 0.15) is 30.4 Å². The molecule has 0 fully saturated rings. The van der Waals surface area contributed by atoms with Crippen molar-refractivity contribution in [1.82, 2.24) is 0 Å². The molecule has 0 saturated heterocycles. The lowest BCUT2D eigenvalue weighted by atomic mass is 10.1. The lowest BCUT2D eigenvalue weighted by Gasteiger charge is -2.06. The zero-order chi connectivity index (χ0) is 12.5. The summed E-state index contributed by atoms with van der Waals surface area (Å²) in [6.07, 6.45) is 2.77. The van der Waals surface area contributed by atoms with Gasteiger partial charge in [-0.05, 0) is 37.5 Å². The first-order valence-electron chi connectivity index (χ1n) is 5.61. The van der Waals surface area contributed by atoms with Crippen molar-refractivity contribution in [2.24, 2.45) is 0 Å². The van der Waals surface area contributed by atoms with Crippen LogP contribution in [0.15, 0.2) is 18.2 Å². The number of hydrogen-bond acceptors (Lipinski definition) is 4. The molecule has 17 heavy (non-hydrogen) atoms. The highest BCUT2D eigenvalue weighted by Crippen LogP contribution is 2.14. The highest BCUT2D eigenvalue weighted by molar-refractivity contribution is 5.56. The van der Waals surface area contributed by atoms with Gasteiger partial charge in [-0.3, -0.25) is 0 Å². The third kappa shape index (κ3) is 4.14. The van der Waals surface area contributed by atoms with E-state index in [0.717, 1.165) is 31.5 Å². The van der Waals surface area contributed by atoms with Gasteiger partial charge in [0.25, 0.3) is 0 Å². The Morgan fingerprint density at radius 2 is 1.82 bits per heavy atom. The van der Waals surface area contributed by atoms with Crippen molar-refractivity contribution in [1.29, 1.82) is 10.5 Å². The Labute approximate surface area is 101 Å². The lowest BCUT2D eigenvalue weighted by molar-refractivity contribution is 0.283. The van der Waals surface area contributed by atoms with Crippen LogP contribution in [0, 0.1) is 22.7 Å². The van der Waals surface area contributed by atoms with Gasteiger partial charge in [0.05, 0.1) is 11.1 Å². The van der Waals surface area contributed by atoms with Crippen molar-refractivity contribution in [2.45, 2.75) is 19.3 Å². The first kappa shape index (κ1) is 13.0. The molecule has 0 aromatic heterocycles. The first-order chi connectivity index (χ1) is 8.31. The Balaban J connectivity index is 2.50. The molecular formula is C13H15N3O. The molecule has 88 valence electrons. The second-order valence-electron chi connectivity index (χ2n) is 3.70. The van der Waals surface area contributed by atoms with Gasteiger partial charge in [-0.15, -0.1) is 0 Å². The smallest absolute Gasteiger partial charge is 0.101 e. The highest BCUT2D eigenvalue weighted by atomic mass is 16.2. The summed E-state index contributed by atoms with van der Waals surface area (Å²) in [4.78, 5) is 0. The average Bonchev–Trinajstić information content (AvgIpc) is 2.38. The summed E-state index contributed by atoms with van der Waals surface area (Å²) in [5, 5.41) is 29.4. The van der Waals surface area contributed by atoms with E-state index in [9.17, 15) is 0 Å². The number of unbranched alkanes of at least 4 members (excludes halogenated alkanes) is 2. The Kier molecular flexibility index (Phi) is 5.57. The molecule has 1 aromatic carbocycles. The minimum absolute atomic E-state index is 0.232. The number of anilines is 1. The van der Waals surface area contributed by atoms with Crippen LogP contribution in [0.2, 0.25) is 0 Å². The molecule has 0 bridgehead atoms. The summed E-state index contributed by atoms with van der Waals surface area (Å²) in [6, 6.07) is 9.11. The Hall–Kier alpha value is -2.04. The minimum Gasteiger partial charge on any atom is -0.396 e. The quantitative estimate of drug-likeness (QED) is 0.731. The number of aliphatic hydroxyl groups excluding tert-OH is 1. The van der Waals surface area contributed by atoms with Gasteiger partial charge >= 0.3 is 0 Å². The van der Waals surface area contributed by atoms with Crippen LogP contribution in [-0.2, 0) is 0 Å². The van der Waals surface area contributed by atoms with E-state index < -0.39 is 0 Å². The topological polar surface area (TPSA) is 79.8 Å². The molecule has 1 aromatic rings. The second-order valence-corrected chi connectivity index (χ2v) is 3.70. The standard InChI is InChI=1S/C13H15N3O/c14-9-11-4-5-13(8-12(11)10-15)16-6-2-1-3-7-17/h4-5,8,16-17H,1-3,6-7H2. The van der Waals surface area contributed by atoms with Gasteiger partial charge < -0.3 is 10.4 Å². The van der Waals surface area contributed by atoms with E-state index >= 15 is 0 Å². The van der Waals surface area contributed by atoms with E-state index in [1.54, 1.807) is 18.2 Å². The van der Waals surface area contributed by atoms with Gasteiger partial charge in [-0.25, -0.2) is 0 Å². The molecule has 0 heterocycles. The van der Waals surface area contributed by atoms with E-state index in [1.165, 1.54) is 0 Å². The number of hydrogen-bond donors (Lipinski definition) is 2. The Morgan fingerprint density at radius 3 is 2.47 bits per heavy atom. The lowest BCUT2D eigenvalue weighted by Crippen LogP contribution is -2.02. The largest absolute Gasteiger partial charge is 0.396 e. The van der Waals surface area contributed by atoms with Crippen molar-refractivity contribution in [3.63, 3.8) is 0 Å². The predicted octanol–water partition coefficient (Wildman–Crippen LogP) is 2.00. The van der Waals surface area contributed by atoms with Crippen LogP contribution >= 0.6 is 0 Å². The summed E-state index contributed by atoms with van der Waals surface area (Å²) in [5.41, 5.74) is 1.65. The van der Waals surface area contributed by atoms with Crippen LogP contribution < -0.4 is 5.32 Å². The van der Waals surface area contributed by atoms with Gasteiger partial charge in [0, 0.05) is 18.8 Å². The molecular weight excluding hydrogens is 214 g/mol. The van der Waals surface area contributed by atoms with E-state index in [-0.39, 0.29) is 6.61 Å². The van der Waals surface area contributed by atoms with Gasteiger partial charge in [-0.2, -0.15) is 10.5 Å².